The molecule has 0 aliphatic rings. The molecule has 0 amide bonds. The Hall–Kier alpha value is -2.11. The van der Waals surface area contributed by atoms with Crippen molar-refractivity contribution in [3.63, 3.8) is 0 Å². The van der Waals surface area contributed by atoms with Gasteiger partial charge in [0, 0.05) is 7.05 Å². The summed E-state index contributed by atoms with van der Waals surface area (Å²) in [4.78, 5) is 7.97. The summed E-state index contributed by atoms with van der Waals surface area (Å²) in [6, 6.07) is 0. The van der Waals surface area contributed by atoms with E-state index in [2.05, 4.69) is 15.1 Å². The monoisotopic (exact) mass is 233 g/mol. The number of rotatable bonds is 2. The van der Waals surface area contributed by atoms with Gasteiger partial charge >= 0.3 is 0 Å². The van der Waals surface area contributed by atoms with E-state index in [-0.39, 0.29) is 0 Å². The van der Waals surface area contributed by atoms with Gasteiger partial charge in [-0.1, -0.05) is 0 Å². The molecule has 6 heteroatoms. The summed E-state index contributed by atoms with van der Waals surface area (Å²) in [7, 11) is 1.87. The van der Waals surface area contributed by atoms with Crippen LogP contribution in [0.5, 0.6) is 11.6 Å². The molecule has 90 valence electrons. The van der Waals surface area contributed by atoms with Gasteiger partial charge in [-0.25, -0.2) is 9.97 Å². The molecule has 0 radical (unpaired) electrons. The minimum atomic E-state index is 0.425. The smallest absolute Gasteiger partial charge is 0.227 e. The second-order valence-electron chi connectivity index (χ2n) is 3.91. The fourth-order valence-electron chi connectivity index (χ4n) is 1.55. The fourth-order valence-corrected chi connectivity index (χ4v) is 1.55. The molecule has 0 fully saturated rings. The first-order valence-corrected chi connectivity index (χ1v) is 5.25. The standard InChI is InChI=1S/C11H15N5O/c1-6-10(12)13-5-14-11(6)17-9-7(2)15-16(4)8(9)3/h5H,1-4H3,(H2,12,13,14). The molecule has 2 heterocycles. The van der Waals surface area contributed by atoms with Crippen LogP contribution in [0.1, 0.15) is 17.0 Å². The van der Waals surface area contributed by atoms with Crippen LogP contribution in [0.4, 0.5) is 5.82 Å². The minimum absolute atomic E-state index is 0.425. The highest BCUT2D eigenvalue weighted by molar-refractivity contribution is 5.46. The van der Waals surface area contributed by atoms with Gasteiger partial charge in [0.15, 0.2) is 5.75 Å². The molecule has 0 aliphatic heterocycles. The van der Waals surface area contributed by atoms with Gasteiger partial charge in [-0.15, -0.1) is 0 Å². The zero-order valence-corrected chi connectivity index (χ0v) is 10.4. The SMILES string of the molecule is Cc1nn(C)c(C)c1Oc1ncnc(N)c1C. The van der Waals surface area contributed by atoms with Crippen molar-refractivity contribution in [2.24, 2.45) is 7.05 Å². The fraction of sp³-hybridized carbons (Fsp3) is 0.364. The second kappa shape index (κ2) is 4.04. The van der Waals surface area contributed by atoms with E-state index >= 15 is 0 Å². The summed E-state index contributed by atoms with van der Waals surface area (Å²) in [5, 5.41) is 4.28. The van der Waals surface area contributed by atoms with Gasteiger partial charge in [0.05, 0.1) is 11.3 Å². The van der Waals surface area contributed by atoms with Gasteiger partial charge in [-0.05, 0) is 20.8 Å². The molecule has 0 aromatic carbocycles. The molecule has 2 N–H and O–H groups in total. The molecule has 17 heavy (non-hydrogen) atoms. The molecule has 6 nitrogen and oxygen atoms in total. The van der Waals surface area contributed by atoms with Crippen molar-refractivity contribution in [3.8, 4) is 11.6 Å². The average molecular weight is 233 g/mol. The maximum Gasteiger partial charge on any atom is 0.227 e. The Kier molecular flexibility index (Phi) is 2.71. The van der Waals surface area contributed by atoms with E-state index in [1.165, 1.54) is 6.33 Å². The highest BCUT2D eigenvalue weighted by Gasteiger charge is 2.14. The van der Waals surface area contributed by atoms with Crippen molar-refractivity contribution in [3.05, 3.63) is 23.3 Å². The van der Waals surface area contributed by atoms with Crippen molar-refractivity contribution in [1.82, 2.24) is 19.7 Å². The number of hydrogen-bond acceptors (Lipinski definition) is 5. The van der Waals surface area contributed by atoms with E-state index in [0.717, 1.165) is 17.0 Å². The largest absolute Gasteiger partial charge is 0.435 e. The molecule has 0 saturated carbocycles. The first-order valence-electron chi connectivity index (χ1n) is 5.25. The lowest BCUT2D eigenvalue weighted by Gasteiger charge is -2.08. The number of ether oxygens (including phenoxy) is 1. The Morgan fingerprint density at radius 1 is 1.24 bits per heavy atom. The minimum Gasteiger partial charge on any atom is -0.435 e. The van der Waals surface area contributed by atoms with Crippen LogP contribution < -0.4 is 10.5 Å². The quantitative estimate of drug-likeness (QED) is 0.850. The molecule has 0 saturated heterocycles. The Morgan fingerprint density at radius 3 is 2.53 bits per heavy atom. The van der Waals surface area contributed by atoms with E-state index in [1.54, 1.807) is 4.68 Å². The number of aryl methyl sites for hydroxylation is 2. The van der Waals surface area contributed by atoms with Crippen molar-refractivity contribution in [2.45, 2.75) is 20.8 Å². The summed E-state index contributed by atoms with van der Waals surface area (Å²) in [5.41, 5.74) is 8.20. The van der Waals surface area contributed by atoms with Gasteiger partial charge in [0.25, 0.3) is 0 Å². The van der Waals surface area contributed by atoms with Crippen LogP contribution >= 0.6 is 0 Å². The third-order valence-corrected chi connectivity index (χ3v) is 2.72. The van der Waals surface area contributed by atoms with Crippen LogP contribution in [0, 0.1) is 20.8 Å². The maximum absolute atomic E-state index is 5.76. The summed E-state index contributed by atoms with van der Waals surface area (Å²) in [5.74, 6) is 1.61. The zero-order chi connectivity index (χ0) is 12.6. The molecular formula is C11H15N5O. The van der Waals surface area contributed by atoms with Gasteiger partial charge in [0.2, 0.25) is 5.88 Å². The Bertz CT molecular complexity index is 561. The Morgan fingerprint density at radius 2 is 1.94 bits per heavy atom. The van der Waals surface area contributed by atoms with E-state index in [0.29, 0.717) is 17.4 Å². The lowest BCUT2D eigenvalue weighted by atomic mass is 10.3. The van der Waals surface area contributed by atoms with Crippen molar-refractivity contribution in [2.75, 3.05) is 5.73 Å². The number of nitrogens with two attached hydrogens (primary N) is 1. The first-order chi connectivity index (χ1) is 8.00. The van der Waals surface area contributed by atoms with Crippen LogP contribution in [0.2, 0.25) is 0 Å². The lowest BCUT2D eigenvalue weighted by Crippen LogP contribution is -2.00. The van der Waals surface area contributed by atoms with Gasteiger partial charge < -0.3 is 10.5 Å². The highest BCUT2D eigenvalue weighted by atomic mass is 16.5. The molecule has 0 unspecified atom stereocenters. The number of anilines is 1. The predicted octanol–water partition coefficient (Wildman–Crippen LogP) is 1.51. The number of nitrogen functional groups attached to an aromatic ring is 1. The molecule has 2 aromatic rings. The molecule has 2 rings (SSSR count). The highest BCUT2D eigenvalue weighted by Crippen LogP contribution is 2.29. The van der Waals surface area contributed by atoms with Gasteiger partial charge in [0.1, 0.15) is 17.8 Å². The van der Waals surface area contributed by atoms with Crippen molar-refractivity contribution >= 4 is 5.82 Å². The van der Waals surface area contributed by atoms with Crippen LogP contribution in [-0.4, -0.2) is 19.7 Å². The van der Waals surface area contributed by atoms with Crippen molar-refractivity contribution < 1.29 is 4.74 Å². The summed E-state index contributed by atoms with van der Waals surface area (Å²) >= 11 is 0. The second-order valence-corrected chi connectivity index (χ2v) is 3.91. The van der Waals surface area contributed by atoms with Crippen LogP contribution in [-0.2, 0) is 7.05 Å². The molecule has 0 spiro atoms. The summed E-state index contributed by atoms with van der Waals surface area (Å²) in [6.07, 6.45) is 1.39. The Labute approximate surface area is 99.4 Å². The summed E-state index contributed by atoms with van der Waals surface area (Å²) < 4.78 is 7.53. The molecule has 0 atom stereocenters. The molecule has 2 aromatic heterocycles. The normalized spacial score (nSPS) is 10.6. The molecule has 0 aliphatic carbocycles. The lowest BCUT2D eigenvalue weighted by molar-refractivity contribution is 0.450. The topological polar surface area (TPSA) is 78.8 Å². The number of nitrogens with zero attached hydrogens (tertiary/aromatic N) is 4. The van der Waals surface area contributed by atoms with E-state index in [9.17, 15) is 0 Å². The molecule has 0 bridgehead atoms. The third-order valence-electron chi connectivity index (χ3n) is 2.72. The van der Waals surface area contributed by atoms with E-state index < -0.39 is 0 Å². The zero-order valence-electron chi connectivity index (χ0n) is 10.4. The molecular weight excluding hydrogens is 218 g/mol. The van der Waals surface area contributed by atoms with Gasteiger partial charge in [-0.3, -0.25) is 4.68 Å². The number of aromatic nitrogens is 4. The number of hydrogen-bond donors (Lipinski definition) is 1. The van der Waals surface area contributed by atoms with Gasteiger partial charge in [-0.2, -0.15) is 5.10 Å². The van der Waals surface area contributed by atoms with Crippen molar-refractivity contribution in [1.29, 1.82) is 0 Å². The van der Waals surface area contributed by atoms with Crippen LogP contribution in [0.3, 0.4) is 0 Å². The third kappa shape index (κ3) is 1.93. The van der Waals surface area contributed by atoms with E-state index in [4.69, 9.17) is 10.5 Å². The van der Waals surface area contributed by atoms with E-state index in [1.807, 2.05) is 27.8 Å². The Balaban J connectivity index is 2.41. The maximum atomic E-state index is 5.76. The first kappa shape index (κ1) is 11.4. The van der Waals surface area contributed by atoms with Crippen LogP contribution in [0.25, 0.3) is 0 Å². The average Bonchev–Trinajstić information content (AvgIpc) is 2.51. The summed E-state index contributed by atoms with van der Waals surface area (Å²) in [6.45, 7) is 5.66. The predicted molar refractivity (Wildman–Crippen MR) is 63.9 cm³/mol. The van der Waals surface area contributed by atoms with Crippen LogP contribution in [0.15, 0.2) is 6.33 Å².